The average molecular weight is 169 g/mol. The van der Waals surface area contributed by atoms with Crippen LogP contribution in [0.15, 0.2) is 0 Å². The second kappa shape index (κ2) is 2.46. The van der Waals surface area contributed by atoms with Gasteiger partial charge in [0.25, 0.3) is 0 Å². The van der Waals surface area contributed by atoms with Gasteiger partial charge in [-0.15, -0.1) is 0 Å². The van der Waals surface area contributed by atoms with E-state index in [-0.39, 0.29) is 6.04 Å². The van der Waals surface area contributed by atoms with Crippen molar-refractivity contribution in [3.05, 3.63) is 0 Å². The van der Waals surface area contributed by atoms with Crippen LogP contribution in [0.5, 0.6) is 0 Å². The molecule has 0 amide bonds. The number of carbonyl (C=O) groups is 1. The molecule has 1 saturated heterocycles. The third kappa shape index (κ3) is 1.04. The lowest BCUT2D eigenvalue weighted by Gasteiger charge is -2.37. The molecule has 1 N–H and O–H groups in total. The third-order valence-electron chi connectivity index (χ3n) is 3.44. The molecule has 3 heteroatoms. The van der Waals surface area contributed by atoms with Gasteiger partial charge < -0.3 is 5.11 Å². The van der Waals surface area contributed by atoms with Crippen LogP contribution >= 0.6 is 0 Å². The number of carboxylic acids is 1. The van der Waals surface area contributed by atoms with Gasteiger partial charge in [0.15, 0.2) is 0 Å². The van der Waals surface area contributed by atoms with Gasteiger partial charge >= 0.3 is 5.97 Å². The quantitative estimate of drug-likeness (QED) is 0.635. The molecule has 2 fully saturated rings. The van der Waals surface area contributed by atoms with Crippen molar-refractivity contribution in [1.82, 2.24) is 4.90 Å². The molecule has 1 heterocycles. The highest BCUT2D eigenvalue weighted by Crippen LogP contribution is 2.49. The lowest BCUT2D eigenvalue weighted by Crippen LogP contribution is -2.33. The SMILES string of the molecule is CN1CC2(CCC2)CC1C(=O)O. The van der Waals surface area contributed by atoms with Crippen molar-refractivity contribution >= 4 is 5.97 Å². The molecule has 1 atom stereocenters. The third-order valence-corrected chi connectivity index (χ3v) is 3.44. The minimum Gasteiger partial charge on any atom is -0.480 e. The monoisotopic (exact) mass is 169 g/mol. The molecule has 1 saturated carbocycles. The molecule has 0 radical (unpaired) electrons. The van der Waals surface area contributed by atoms with Gasteiger partial charge in [0.2, 0.25) is 0 Å². The van der Waals surface area contributed by atoms with Gasteiger partial charge in [0.05, 0.1) is 0 Å². The Morgan fingerprint density at radius 3 is 2.50 bits per heavy atom. The second-order valence-corrected chi connectivity index (χ2v) is 4.33. The molecule has 1 aliphatic carbocycles. The van der Waals surface area contributed by atoms with E-state index in [2.05, 4.69) is 0 Å². The van der Waals surface area contributed by atoms with E-state index in [4.69, 9.17) is 5.11 Å². The molecular weight excluding hydrogens is 154 g/mol. The maximum absolute atomic E-state index is 10.8. The van der Waals surface area contributed by atoms with Crippen molar-refractivity contribution in [2.75, 3.05) is 13.6 Å². The van der Waals surface area contributed by atoms with Crippen LogP contribution in [0.1, 0.15) is 25.7 Å². The summed E-state index contributed by atoms with van der Waals surface area (Å²) < 4.78 is 0. The first kappa shape index (κ1) is 8.05. The zero-order valence-electron chi connectivity index (χ0n) is 7.42. The van der Waals surface area contributed by atoms with E-state index in [1.807, 2.05) is 11.9 Å². The summed E-state index contributed by atoms with van der Waals surface area (Å²) in [5.74, 6) is -0.652. The van der Waals surface area contributed by atoms with Crippen LogP contribution in [0, 0.1) is 5.41 Å². The van der Waals surface area contributed by atoms with Crippen molar-refractivity contribution in [2.45, 2.75) is 31.7 Å². The Morgan fingerprint density at radius 2 is 2.25 bits per heavy atom. The average Bonchev–Trinajstić information content (AvgIpc) is 2.26. The van der Waals surface area contributed by atoms with Crippen molar-refractivity contribution in [3.63, 3.8) is 0 Å². The summed E-state index contributed by atoms with van der Waals surface area (Å²) in [6.45, 7) is 0.990. The molecular formula is C9H15NO2. The zero-order valence-corrected chi connectivity index (χ0v) is 7.42. The van der Waals surface area contributed by atoms with Gasteiger partial charge in [-0.25, -0.2) is 0 Å². The van der Waals surface area contributed by atoms with E-state index in [1.165, 1.54) is 19.3 Å². The number of likely N-dealkylation sites (tertiary alicyclic amines) is 1. The lowest BCUT2D eigenvalue weighted by molar-refractivity contribution is -0.141. The highest BCUT2D eigenvalue weighted by Gasteiger charge is 2.48. The molecule has 0 aromatic heterocycles. The van der Waals surface area contributed by atoms with Gasteiger partial charge in [-0.2, -0.15) is 0 Å². The van der Waals surface area contributed by atoms with Crippen LogP contribution < -0.4 is 0 Å². The molecule has 0 bridgehead atoms. The lowest BCUT2D eigenvalue weighted by atomic mass is 9.67. The molecule has 12 heavy (non-hydrogen) atoms. The maximum atomic E-state index is 10.8. The first-order chi connectivity index (χ1) is 5.63. The fourth-order valence-corrected chi connectivity index (χ4v) is 2.58. The Kier molecular flexibility index (Phi) is 1.65. The van der Waals surface area contributed by atoms with E-state index >= 15 is 0 Å². The summed E-state index contributed by atoms with van der Waals surface area (Å²) in [5, 5.41) is 8.89. The van der Waals surface area contributed by atoms with Crippen molar-refractivity contribution in [2.24, 2.45) is 5.41 Å². The Balaban J connectivity index is 2.06. The first-order valence-corrected chi connectivity index (χ1v) is 4.56. The number of nitrogens with zero attached hydrogens (tertiary/aromatic N) is 1. The van der Waals surface area contributed by atoms with Crippen LogP contribution in [0.4, 0.5) is 0 Å². The predicted molar refractivity (Wildman–Crippen MR) is 45.0 cm³/mol. The molecule has 68 valence electrons. The number of carboxylic acid groups (broad SMARTS) is 1. The smallest absolute Gasteiger partial charge is 0.320 e. The number of hydrogen-bond donors (Lipinski definition) is 1. The van der Waals surface area contributed by atoms with Crippen LogP contribution in [-0.4, -0.2) is 35.6 Å². The van der Waals surface area contributed by atoms with Crippen LogP contribution in [0.25, 0.3) is 0 Å². The van der Waals surface area contributed by atoms with Gasteiger partial charge in [-0.1, -0.05) is 6.42 Å². The van der Waals surface area contributed by atoms with Crippen molar-refractivity contribution in [3.8, 4) is 0 Å². The van der Waals surface area contributed by atoms with Gasteiger partial charge in [0, 0.05) is 6.54 Å². The van der Waals surface area contributed by atoms with E-state index < -0.39 is 5.97 Å². The fourth-order valence-electron chi connectivity index (χ4n) is 2.58. The van der Waals surface area contributed by atoms with E-state index in [0.29, 0.717) is 5.41 Å². The van der Waals surface area contributed by atoms with Crippen LogP contribution in [0.3, 0.4) is 0 Å². The zero-order chi connectivity index (χ0) is 8.77. The molecule has 0 aromatic rings. The summed E-state index contributed by atoms with van der Waals surface area (Å²) in [7, 11) is 1.92. The normalized spacial score (nSPS) is 33.6. The van der Waals surface area contributed by atoms with Crippen molar-refractivity contribution in [1.29, 1.82) is 0 Å². The summed E-state index contributed by atoms with van der Waals surface area (Å²) in [4.78, 5) is 12.8. The maximum Gasteiger partial charge on any atom is 0.320 e. The highest BCUT2D eigenvalue weighted by atomic mass is 16.4. The predicted octanol–water partition coefficient (Wildman–Crippen LogP) is 0.945. The topological polar surface area (TPSA) is 40.5 Å². The van der Waals surface area contributed by atoms with Gasteiger partial charge in [0.1, 0.15) is 6.04 Å². The fraction of sp³-hybridized carbons (Fsp3) is 0.889. The summed E-state index contributed by atoms with van der Waals surface area (Å²) in [5.41, 5.74) is 0.387. The molecule has 1 spiro atoms. The Morgan fingerprint density at radius 1 is 1.58 bits per heavy atom. The Hall–Kier alpha value is -0.570. The summed E-state index contributed by atoms with van der Waals surface area (Å²) in [6.07, 6.45) is 4.64. The van der Waals surface area contributed by atoms with E-state index in [9.17, 15) is 4.79 Å². The Labute approximate surface area is 72.4 Å². The number of hydrogen-bond acceptors (Lipinski definition) is 2. The number of likely N-dealkylation sites (N-methyl/N-ethyl adjacent to an activating group) is 1. The standard InChI is InChI=1S/C9H15NO2/c1-10-6-9(3-2-4-9)5-7(10)8(11)12/h7H,2-6H2,1H3,(H,11,12). The minimum absolute atomic E-state index is 0.217. The molecule has 3 nitrogen and oxygen atoms in total. The molecule has 2 aliphatic rings. The summed E-state index contributed by atoms with van der Waals surface area (Å²) >= 11 is 0. The number of aliphatic carboxylic acids is 1. The Bertz CT molecular complexity index is 211. The molecule has 0 aromatic carbocycles. The van der Waals surface area contributed by atoms with Gasteiger partial charge in [-0.05, 0) is 31.7 Å². The number of rotatable bonds is 1. The largest absolute Gasteiger partial charge is 0.480 e. The van der Waals surface area contributed by atoms with Crippen LogP contribution in [-0.2, 0) is 4.79 Å². The highest BCUT2D eigenvalue weighted by molar-refractivity contribution is 5.74. The summed E-state index contributed by atoms with van der Waals surface area (Å²) in [6, 6.07) is -0.217. The van der Waals surface area contributed by atoms with Crippen molar-refractivity contribution < 1.29 is 9.90 Å². The van der Waals surface area contributed by atoms with E-state index in [1.54, 1.807) is 0 Å². The van der Waals surface area contributed by atoms with Crippen LogP contribution in [0.2, 0.25) is 0 Å². The molecule has 1 aliphatic heterocycles. The molecule has 1 unspecified atom stereocenters. The molecule has 2 rings (SSSR count). The minimum atomic E-state index is -0.652. The van der Waals surface area contributed by atoms with Gasteiger partial charge in [-0.3, -0.25) is 9.69 Å². The van der Waals surface area contributed by atoms with E-state index in [0.717, 1.165) is 13.0 Å². The second-order valence-electron chi connectivity index (χ2n) is 4.33. The first-order valence-electron chi connectivity index (χ1n) is 4.56.